The second-order valence-corrected chi connectivity index (χ2v) is 10.9. The first-order chi connectivity index (χ1) is 21.1. The van der Waals surface area contributed by atoms with Crippen LogP contribution in [0.1, 0.15) is 53.1 Å². The predicted molar refractivity (Wildman–Crippen MR) is 162 cm³/mol. The molecule has 228 valence electrons. The molecule has 0 unspecified atom stereocenters. The van der Waals surface area contributed by atoms with E-state index in [1.165, 1.54) is 12.3 Å². The number of imidazole rings is 1. The van der Waals surface area contributed by atoms with E-state index in [1.807, 2.05) is 31.2 Å². The number of esters is 1. The third kappa shape index (κ3) is 10.6. The zero-order chi connectivity index (χ0) is 32.0. The number of nitrogens with zero attached hydrogens (tertiary/aromatic N) is 2. The molecule has 0 atom stereocenters. The molecule has 0 aliphatic carbocycles. The largest absolute Gasteiger partial charge is 0.501 e. The molecule has 2 heterocycles. The highest BCUT2D eigenvalue weighted by molar-refractivity contribution is 7.55. The minimum atomic E-state index is -3.34. The fourth-order valence-electron chi connectivity index (χ4n) is 4.10. The third-order valence-electron chi connectivity index (χ3n) is 6.18. The van der Waals surface area contributed by atoms with E-state index in [0.29, 0.717) is 57.3 Å². The number of fused-ring (bicyclic) bond motifs is 1. The average Bonchev–Trinajstić information content (AvgIpc) is 3.40. The van der Waals surface area contributed by atoms with Crippen LogP contribution in [-0.2, 0) is 27.9 Å². The van der Waals surface area contributed by atoms with E-state index in [9.17, 15) is 14.2 Å². The summed E-state index contributed by atoms with van der Waals surface area (Å²) in [6.45, 7) is 5.55. The number of nitrogens with one attached hydrogen (secondary N) is 2. The summed E-state index contributed by atoms with van der Waals surface area (Å²) in [5, 5.41) is 2.69. The van der Waals surface area contributed by atoms with Crippen molar-refractivity contribution < 1.29 is 35.4 Å². The van der Waals surface area contributed by atoms with Crippen molar-refractivity contribution in [3.8, 4) is 0 Å². The summed E-state index contributed by atoms with van der Waals surface area (Å²) in [6, 6.07) is 15.9. The van der Waals surface area contributed by atoms with Gasteiger partial charge in [0.15, 0.2) is 0 Å². The predicted octanol–water partition coefficient (Wildman–Crippen LogP) is 6.18. The number of rotatable bonds is 13. The number of aromatic nitrogens is 2. The Hall–Kier alpha value is -3.66. The SMILES string of the molecule is CCOP(=O)(Nc1nc2ccccc2[nH]1)OCC.[2H]C([2H])(CC1CCN(C(=O)/C=C/OCC)CC1)OC(=O)c1ccccc1. The van der Waals surface area contributed by atoms with Gasteiger partial charge in [0, 0.05) is 19.2 Å². The third-order valence-corrected chi connectivity index (χ3v) is 7.86. The first kappa shape index (κ1) is 29.8. The van der Waals surface area contributed by atoms with E-state index in [2.05, 4.69) is 15.1 Å². The topological polar surface area (TPSA) is 132 Å². The van der Waals surface area contributed by atoms with E-state index in [-0.39, 0.29) is 18.2 Å². The number of carbonyl (C=O) groups is 2. The van der Waals surface area contributed by atoms with Crippen LogP contribution in [0.4, 0.5) is 5.95 Å². The number of hydrogen-bond donors (Lipinski definition) is 2. The molecule has 0 radical (unpaired) electrons. The van der Waals surface area contributed by atoms with Crippen LogP contribution in [0.3, 0.4) is 0 Å². The number of ether oxygens (including phenoxy) is 2. The van der Waals surface area contributed by atoms with Crippen molar-refractivity contribution in [3.63, 3.8) is 0 Å². The number of aromatic amines is 1. The minimum Gasteiger partial charge on any atom is -0.501 e. The van der Waals surface area contributed by atoms with Crippen LogP contribution >= 0.6 is 7.75 Å². The van der Waals surface area contributed by atoms with Crippen molar-refractivity contribution >= 4 is 36.6 Å². The second kappa shape index (κ2) is 17.3. The van der Waals surface area contributed by atoms with Crippen LogP contribution in [0.2, 0.25) is 0 Å². The molecule has 11 nitrogen and oxygen atoms in total. The van der Waals surface area contributed by atoms with E-state index in [0.717, 1.165) is 11.0 Å². The fourth-order valence-corrected chi connectivity index (χ4v) is 5.35. The number of piperidine rings is 1. The molecule has 0 saturated carbocycles. The molecule has 3 aromatic rings. The minimum absolute atomic E-state index is 0.0634. The van der Waals surface area contributed by atoms with Gasteiger partial charge in [0.25, 0.3) is 0 Å². The summed E-state index contributed by atoms with van der Waals surface area (Å²) < 4.78 is 48.6. The molecule has 0 spiro atoms. The highest BCUT2D eigenvalue weighted by Crippen LogP contribution is 2.47. The Bertz CT molecular complexity index is 1370. The quantitative estimate of drug-likeness (QED) is 0.102. The maximum Gasteiger partial charge on any atom is 0.435 e. The van der Waals surface area contributed by atoms with Crippen LogP contribution in [0, 0.1) is 5.92 Å². The Morgan fingerprint density at radius 1 is 1.05 bits per heavy atom. The zero-order valence-electron chi connectivity index (χ0n) is 26.3. The number of para-hydroxylation sites is 2. The number of likely N-dealkylation sites (tertiary alicyclic amines) is 1. The Balaban J connectivity index is 0.000000257. The molecule has 1 aliphatic rings. The van der Waals surface area contributed by atoms with Gasteiger partial charge in [-0.3, -0.25) is 18.9 Å². The summed E-state index contributed by atoms with van der Waals surface area (Å²) in [6.07, 6.45) is 4.29. The first-order valence-electron chi connectivity index (χ1n) is 15.1. The molecule has 2 N–H and O–H groups in total. The summed E-state index contributed by atoms with van der Waals surface area (Å²) >= 11 is 0. The number of H-pyrrole nitrogens is 1. The van der Waals surface area contributed by atoms with Gasteiger partial charge in [0.1, 0.15) is 0 Å². The normalized spacial score (nSPS) is 15.0. The lowest BCUT2D eigenvalue weighted by molar-refractivity contribution is -0.127. The maximum atomic E-state index is 12.2. The van der Waals surface area contributed by atoms with Gasteiger partial charge >= 0.3 is 13.7 Å². The van der Waals surface area contributed by atoms with Crippen LogP contribution in [0.5, 0.6) is 0 Å². The zero-order valence-corrected chi connectivity index (χ0v) is 25.2. The van der Waals surface area contributed by atoms with Gasteiger partial charge in [-0.05, 0) is 70.2 Å². The van der Waals surface area contributed by atoms with Gasteiger partial charge in [-0.2, -0.15) is 0 Å². The molecule has 0 bridgehead atoms. The maximum absolute atomic E-state index is 12.2. The molecular formula is C30H41N4O7P. The Morgan fingerprint density at radius 2 is 1.71 bits per heavy atom. The lowest BCUT2D eigenvalue weighted by atomic mass is 9.94. The van der Waals surface area contributed by atoms with Gasteiger partial charge in [-0.15, -0.1) is 0 Å². The van der Waals surface area contributed by atoms with E-state index < -0.39 is 20.3 Å². The summed E-state index contributed by atoms with van der Waals surface area (Å²) in [4.78, 5) is 33.0. The van der Waals surface area contributed by atoms with Gasteiger partial charge in [0.05, 0.1) is 52.0 Å². The first-order valence-corrected chi connectivity index (χ1v) is 15.6. The van der Waals surface area contributed by atoms with Crippen LogP contribution in [0.15, 0.2) is 66.9 Å². The number of amides is 1. The molecule has 1 aromatic heterocycles. The molecule has 2 aromatic carbocycles. The molecule has 4 rings (SSSR count). The number of hydrogen-bond acceptors (Lipinski definition) is 8. The van der Waals surface area contributed by atoms with Crippen molar-refractivity contribution in [3.05, 3.63) is 72.5 Å². The number of carbonyl (C=O) groups excluding carboxylic acids is 2. The lowest BCUT2D eigenvalue weighted by Crippen LogP contribution is -2.37. The highest BCUT2D eigenvalue weighted by atomic mass is 31.2. The monoisotopic (exact) mass is 602 g/mol. The molecule has 42 heavy (non-hydrogen) atoms. The van der Waals surface area contributed by atoms with Crippen molar-refractivity contribution in [1.82, 2.24) is 14.9 Å². The molecule has 1 fully saturated rings. The second-order valence-electron chi connectivity index (χ2n) is 9.18. The summed E-state index contributed by atoms with van der Waals surface area (Å²) in [5.41, 5.74) is 1.98. The fraction of sp³-hybridized carbons (Fsp3) is 0.433. The lowest BCUT2D eigenvalue weighted by Gasteiger charge is -2.31. The smallest absolute Gasteiger partial charge is 0.435 e. The highest BCUT2D eigenvalue weighted by Gasteiger charge is 2.25. The van der Waals surface area contributed by atoms with E-state index in [1.54, 1.807) is 49.1 Å². The number of benzene rings is 2. The molecule has 1 saturated heterocycles. The molecule has 12 heteroatoms. The van der Waals surface area contributed by atoms with Crippen molar-refractivity contribution in [2.24, 2.45) is 5.92 Å². The van der Waals surface area contributed by atoms with Gasteiger partial charge in [-0.1, -0.05) is 30.3 Å². The van der Waals surface area contributed by atoms with Gasteiger partial charge < -0.3 is 19.4 Å². The Labute approximate surface area is 250 Å². The van der Waals surface area contributed by atoms with E-state index in [4.69, 9.17) is 21.3 Å². The summed E-state index contributed by atoms with van der Waals surface area (Å²) in [7, 11) is -3.34. The molecule has 1 aliphatic heterocycles. The van der Waals surface area contributed by atoms with Crippen LogP contribution in [-0.4, -0.2) is 66.2 Å². The molecular weight excluding hydrogens is 559 g/mol. The molecule has 1 amide bonds. The van der Waals surface area contributed by atoms with Gasteiger partial charge in [0.2, 0.25) is 11.9 Å². The van der Waals surface area contributed by atoms with Crippen molar-refractivity contribution in [2.45, 2.75) is 40.0 Å². The number of anilines is 1. The van der Waals surface area contributed by atoms with Crippen LogP contribution < -0.4 is 5.09 Å². The van der Waals surface area contributed by atoms with Crippen molar-refractivity contribution in [2.75, 3.05) is 44.6 Å². The summed E-state index contributed by atoms with van der Waals surface area (Å²) in [5.74, 6) is -0.324. The van der Waals surface area contributed by atoms with Gasteiger partial charge in [-0.25, -0.2) is 14.3 Å². The van der Waals surface area contributed by atoms with Crippen molar-refractivity contribution in [1.29, 1.82) is 0 Å². The Morgan fingerprint density at radius 3 is 2.36 bits per heavy atom. The average molecular weight is 603 g/mol. The Kier molecular flexibility index (Phi) is 12.3. The van der Waals surface area contributed by atoms with E-state index >= 15 is 0 Å². The van der Waals surface area contributed by atoms with Crippen LogP contribution in [0.25, 0.3) is 11.0 Å². The standard InChI is InChI=1S/C19H25NO4.C11H16N3O3P/c1-2-23-14-11-18(21)20-12-8-16(9-13-20)10-15-24-19(22)17-6-4-3-5-7-17;1-3-16-18(15,17-4-2)14-11-12-9-7-5-6-8-10(9)13-11/h3-7,11,14,16H,2,8-10,12-13,15H2,1H3;5-8H,3-4H2,1-2H3,(H2,12,13,14,15)/b14-11+;/i15D2;.